The van der Waals surface area contributed by atoms with Gasteiger partial charge in [-0.15, -0.1) is 0 Å². The summed E-state index contributed by atoms with van der Waals surface area (Å²) in [6, 6.07) is 4.05. The van der Waals surface area contributed by atoms with Gasteiger partial charge in [-0.3, -0.25) is 14.3 Å². The second kappa shape index (κ2) is 5.97. The fourth-order valence-electron chi connectivity index (χ4n) is 4.46. The minimum absolute atomic E-state index is 0.176. The summed E-state index contributed by atoms with van der Waals surface area (Å²) in [4.78, 5) is 32.1. The number of aromatic nitrogens is 7. The molecule has 3 atom stereocenters. The molecule has 10 nitrogen and oxygen atoms in total. The number of fused-ring (bicyclic) bond motifs is 2. The first-order valence-corrected chi connectivity index (χ1v) is 9.53. The molecule has 2 fully saturated rings. The van der Waals surface area contributed by atoms with Gasteiger partial charge in [0.05, 0.1) is 18.2 Å². The van der Waals surface area contributed by atoms with E-state index in [1.807, 2.05) is 12.3 Å². The van der Waals surface area contributed by atoms with Gasteiger partial charge in [0, 0.05) is 32.3 Å². The molecule has 1 aliphatic carbocycles. The predicted octanol–water partition coefficient (Wildman–Crippen LogP) is 0.806. The van der Waals surface area contributed by atoms with Crippen molar-refractivity contribution in [3.8, 4) is 0 Å². The van der Waals surface area contributed by atoms with Crippen LogP contribution < -0.4 is 10.5 Å². The van der Waals surface area contributed by atoms with Crippen molar-refractivity contribution in [3.63, 3.8) is 0 Å². The molecule has 1 aliphatic heterocycles. The lowest BCUT2D eigenvalue weighted by Gasteiger charge is -2.20. The molecule has 0 bridgehead atoms. The molecular weight excluding hydrogens is 372 g/mol. The Kier molecular flexibility index (Phi) is 3.37. The van der Waals surface area contributed by atoms with Gasteiger partial charge >= 0.3 is 0 Å². The summed E-state index contributed by atoms with van der Waals surface area (Å²) < 4.78 is 8.57. The zero-order valence-corrected chi connectivity index (χ0v) is 15.7. The number of aryl methyl sites for hydroxylation is 1. The van der Waals surface area contributed by atoms with Crippen molar-refractivity contribution < 1.29 is 4.52 Å². The minimum Gasteiger partial charge on any atom is -0.370 e. The van der Waals surface area contributed by atoms with Gasteiger partial charge in [-0.2, -0.15) is 4.98 Å². The van der Waals surface area contributed by atoms with Crippen LogP contribution in [0.15, 0.2) is 46.5 Å². The number of hydrogen-bond acceptors (Lipinski definition) is 8. The molecule has 0 aromatic carbocycles. The Balaban J connectivity index is 1.18. The third-order valence-corrected chi connectivity index (χ3v) is 5.99. The fraction of sp³-hybridized carbons (Fsp3) is 0.368. The number of pyridine rings is 1. The summed E-state index contributed by atoms with van der Waals surface area (Å²) in [5.41, 5.74) is 1.87. The maximum atomic E-state index is 12.7. The molecule has 29 heavy (non-hydrogen) atoms. The van der Waals surface area contributed by atoms with E-state index in [0.717, 1.165) is 24.6 Å². The van der Waals surface area contributed by atoms with E-state index in [1.54, 1.807) is 24.1 Å². The fourth-order valence-corrected chi connectivity index (χ4v) is 4.46. The maximum absolute atomic E-state index is 12.7. The number of piperidine rings is 1. The van der Waals surface area contributed by atoms with E-state index in [1.165, 1.54) is 10.9 Å². The summed E-state index contributed by atoms with van der Waals surface area (Å²) in [5.74, 6) is 2.56. The Hall–Kier alpha value is -3.56. The molecule has 1 saturated carbocycles. The summed E-state index contributed by atoms with van der Waals surface area (Å²) in [6.07, 6.45) is 6.74. The molecule has 6 rings (SSSR count). The van der Waals surface area contributed by atoms with Crippen molar-refractivity contribution in [1.82, 2.24) is 34.2 Å². The number of anilines is 1. The van der Waals surface area contributed by atoms with Crippen molar-refractivity contribution in [2.24, 2.45) is 18.9 Å². The Morgan fingerprint density at radius 3 is 2.83 bits per heavy atom. The average molecular weight is 390 g/mol. The standard InChI is InChI=1S/C19H18N8O2/c1-25-9-21-18-16(25)19(28)27(10-22-18)8-14-23-17(24-29-14)15-12-6-26(7-13(12)15)11-3-2-4-20-5-11/h2-5,9-10,12-13,15H,6-8H2,1H3/t12-,13+,15+. The highest BCUT2D eigenvalue weighted by Crippen LogP contribution is 2.57. The van der Waals surface area contributed by atoms with E-state index in [0.29, 0.717) is 34.8 Å². The molecular formula is C19H18N8O2. The van der Waals surface area contributed by atoms with Gasteiger partial charge in [0.25, 0.3) is 5.56 Å². The highest BCUT2D eigenvalue weighted by Gasteiger charge is 2.58. The van der Waals surface area contributed by atoms with Gasteiger partial charge in [0.2, 0.25) is 5.89 Å². The smallest absolute Gasteiger partial charge is 0.280 e. The molecule has 4 aromatic heterocycles. The number of hydrogen-bond donors (Lipinski definition) is 0. The van der Waals surface area contributed by atoms with Crippen LogP contribution in [0.25, 0.3) is 11.2 Å². The highest BCUT2D eigenvalue weighted by molar-refractivity contribution is 5.68. The zero-order valence-electron chi connectivity index (χ0n) is 15.7. The van der Waals surface area contributed by atoms with Gasteiger partial charge in [-0.25, -0.2) is 9.97 Å². The molecule has 0 spiro atoms. The van der Waals surface area contributed by atoms with Crippen molar-refractivity contribution in [3.05, 3.63) is 59.2 Å². The molecule has 146 valence electrons. The summed E-state index contributed by atoms with van der Waals surface area (Å²) >= 11 is 0. The van der Waals surface area contributed by atoms with Crippen LogP contribution in [-0.2, 0) is 13.6 Å². The third-order valence-electron chi connectivity index (χ3n) is 5.99. The zero-order chi connectivity index (χ0) is 19.5. The largest absolute Gasteiger partial charge is 0.370 e. The minimum atomic E-state index is -0.176. The molecule has 0 N–H and O–H groups in total. The quantitative estimate of drug-likeness (QED) is 0.504. The van der Waals surface area contributed by atoms with Crippen molar-refractivity contribution in [1.29, 1.82) is 0 Å². The Morgan fingerprint density at radius 1 is 1.21 bits per heavy atom. The Labute approximate surface area is 164 Å². The summed E-state index contributed by atoms with van der Waals surface area (Å²) in [6.45, 7) is 2.15. The molecule has 1 saturated heterocycles. The first-order valence-electron chi connectivity index (χ1n) is 9.53. The van der Waals surface area contributed by atoms with E-state index >= 15 is 0 Å². The Bertz CT molecular complexity index is 1250. The number of imidazole rings is 1. The van der Waals surface area contributed by atoms with Gasteiger partial charge in [0.15, 0.2) is 17.0 Å². The second-order valence-electron chi connectivity index (χ2n) is 7.72. The topological polar surface area (TPSA) is 108 Å². The van der Waals surface area contributed by atoms with E-state index in [9.17, 15) is 4.79 Å². The number of rotatable bonds is 4. The van der Waals surface area contributed by atoms with Crippen molar-refractivity contribution >= 4 is 16.9 Å². The van der Waals surface area contributed by atoms with Crippen LogP contribution in [0, 0.1) is 11.8 Å². The first kappa shape index (κ1) is 16.4. The first-order chi connectivity index (χ1) is 14.2. The normalized spacial score (nSPS) is 22.9. The van der Waals surface area contributed by atoms with Crippen molar-refractivity contribution in [2.75, 3.05) is 18.0 Å². The SMILES string of the molecule is Cn1cnc2ncn(Cc3nc([C@H]4[C@@H]5CN(c6cccnc6)C[C@@H]54)no3)c(=O)c21. The molecule has 2 aliphatic rings. The van der Waals surface area contributed by atoms with Crippen LogP contribution in [0.4, 0.5) is 5.69 Å². The van der Waals surface area contributed by atoms with E-state index in [4.69, 9.17) is 4.52 Å². The lowest BCUT2D eigenvalue weighted by atomic mass is 10.2. The van der Waals surface area contributed by atoms with Gasteiger partial charge < -0.3 is 14.0 Å². The maximum Gasteiger partial charge on any atom is 0.280 e. The van der Waals surface area contributed by atoms with Crippen LogP contribution in [0.2, 0.25) is 0 Å². The molecule has 5 heterocycles. The van der Waals surface area contributed by atoms with Crippen LogP contribution in [0.3, 0.4) is 0 Å². The molecule has 4 aromatic rings. The van der Waals surface area contributed by atoms with Gasteiger partial charge in [-0.1, -0.05) is 5.16 Å². The van der Waals surface area contributed by atoms with Crippen LogP contribution >= 0.6 is 0 Å². The van der Waals surface area contributed by atoms with Crippen LogP contribution in [-0.4, -0.2) is 47.3 Å². The summed E-state index contributed by atoms with van der Waals surface area (Å²) in [5, 5.41) is 4.18. The third kappa shape index (κ3) is 2.55. The number of nitrogens with zero attached hydrogens (tertiary/aromatic N) is 8. The average Bonchev–Trinajstić information content (AvgIpc) is 3.16. The Morgan fingerprint density at radius 2 is 2.03 bits per heavy atom. The van der Waals surface area contributed by atoms with Gasteiger partial charge in [0.1, 0.15) is 12.9 Å². The second-order valence-corrected chi connectivity index (χ2v) is 7.72. The van der Waals surface area contributed by atoms with Crippen LogP contribution in [0.1, 0.15) is 17.6 Å². The van der Waals surface area contributed by atoms with Crippen LogP contribution in [0.5, 0.6) is 0 Å². The predicted molar refractivity (Wildman–Crippen MR) is 102 cm³/mol. The highest BCUT2D eigenvalue weighted by atomic mass is 16.5. The summed E-state index contributed by atoms with van der Waals surface area (Å²) in [7, 11) is 1.77. The molecule has 0 radical (unpaired) electrons. The molecule has 0 amide bonds. The van der Waals surface area contributed by atoms with E-state index in [2.05, 4.69) is 36.1 Å². The lowest BCUT2D eigenvalue weighted by molar-refractivity contribution is 0.363. The van der Waals surface area contributed by atoms with E-state index < -0.39 is 0 Å². The monoisotopic (exact) mass is 390 g/mol. The van der Waals surface area contributed by atoms with Crippen molar-refractivity contribution in [2.45, 2.75) is 12.5 Å². The van der Waals surface area contributed by atoms with E-state index in [-0.39, 0.29) is 12.1 Å². The molecule has 0 unspecified atom stereocenters. The lowest BCUT2D eigenvalue weighted by Crippen LogP contribution is -2.24. The van der Waals surface area contributed by atoms with Gasteiger partial charge in [-0.05, 0) is 24.0 Å². The molecule has 10 heteroatoms.